The molecule has 7 heteroatoms. The Morgan fingerprint density at radius 3 is 2.54 bits per heavy atom. The number of ether oxygens (including phenoxy) is 1. The van der Waals surface area contributed by atoms with Crippen molar-refractivity contribution in [1.29, 1.82) is 0 Å². The number of hydrogen-bond donors (Lipinski definition) is 1. The number of fused-ring (bicyclic) bond motifs is 1. The summed E-state index contributed by atoms with van der Waals surface area (Å²) in [5, 5.41) is 14.4. The number of carbonyl (C=O) groups excluding carboxylic acids is 1. The van der Waals surface area contributed by atoms with Crippen molar-refractivity contribution in [1.82, 2.24) is 9.78 Å². The first-order valence-corrected chi connectivity index (χ1v) is 7.44. The minimum Gasteiger partial charge on any atom is -0.497 e. The van der Waals surface area contributed by atoms with Crippen molar-refractivity contribution in [3.05, 3.63) is 58.7 Å². The number of rotatable bonds is 5. The number of hydrogen-bond acceptors (Lipinski definition) is 4. The highest BCUT2D eigenvalue weighted by atomic mass is 35.5. The molecule has 1 heterocycles. The van der Waals surface area contributed by atoms with Crippen molar-refractivity contribution in [2.75, 3.05) is 7.11 Å². The van der Waals surface area contributed by atoms with Crippen molar-refractivity contribution < 1.29 is 19.4 Å². The molecule has 0 aliphatic rings. The number of aliphatic carboxylic acids is 1. The number of ketones is 1. The molecule has 0 saturated heterocycles. The molecular weight excluding hydrogens is 332 g/mol. The van der Waals surface area contributed by atoms with Crippen LogP contribution in [-0.2, 0) is 11.3 Å². The van der Waals surface area contributed by atoms with Gasteiger partial charge in [0.15, 0.2) is 0 Å². The Morgan fingerprint density at radius 2 is 1.92 bits per heavy atom. The summed E-state index contributed by atoms with van der Waals surface area (Å²) < 4.78 is 6.44. The van der Waals surface area contributed by atoms with Gasteiger partial charge in [0, 0.05) is 22.0 Å². The normalized spacial score (nSPS) is 10.8. The fourth-order valence-electron chi connectivity index (χ4n) is 2.44. The zero-order chi connectivity index (χ0) is 17.3. The monoisotopic (exact) mass is 344 g/mol. The van der Waals surface area contributed by atoms with E-state index in [2.05, 4.69) is 5.10 Å². The summed E-state index contributed by atoms with van der Waals surface area (Å²) >= 11 is 5.84. The van der Waals surface area contributed by atoms with Crippen LogP contribution in [0.15, 0.2) is 42.5 Å². The average molecular weight is 345 g/mol. The molecule has 0 bridgehead atoms. The van der Waals surface area contributed by atoms with Crippen molar-refractivity contribution in [2.24, 2.45) is 0 Å². The second-order valence-electron chi connectivity index (χ2n) is 5.12. The Morgan fingerprint density at radius 1 is 1.21 bits per heavy atom. The van der Waals surface area contributed by atoms with Crippen LogP contribution in [0, 0.1) is 0 Å². The lowest BCUT2D eigenvalue weighted by Crippen LogP contribution is -2.11. The van der Waals surface area contributed by atoms with Crippen molar-refractivity contribution in [2.45, 2.75) is 6.54 Å². The fourth-order valence-corrected chi connectivity index (χ4v) is 2.56. The number of nitrogens with zero attached hydrogens (tertiary/aromatic N) is 2. The molecular formula is C17H13ClN2O4. The van der Waals surface area contributed by atoms with Crippen LogP contribution in [0.1, 0.15) is 16.1 Å². The summed E-state index contributed by atoms with van der Waals surface area (Å²) in [6.07, 6.45) is 0. The van der Waals surface area contributed by atoms with E-state index in [1.54, 1.807) is 42.5 Å². The molecule has 0 radical (unpaired) electrons. The van der Waals surface area contributed by atoms with Crippen molar-refractivity contribution >= 4 is 34.3 Å². The van der Waals surface area contributed by atoms with Gasteiger partial charge in [-0.15, -0.1) is 0 Å². The van der Waals surface area contributed by atoms with E-state index in [1.165, 1.54) is 11.8 Å². The molecule has 3 aromatic rings. The Balaban J connectivity index is 2.15. The molecule has 0 atom stereocenters. The first-order valence-electron chi connectivity index (χ1n) is 7.06. The number of carboxylic acid groups (broad SMARTS) is 1. The third-order valence-electron chi connectivity index (χ3n) is 3.57. The number of aromatic nitrogens is 2. The predicted octanol–water partition coefficient (Wildman–Crippen LogP) is 3.01. The van der Waals surface area contributed by atoms with Gasteiger partial charge in [-0.1, -0.05) is 11.6 Å². The van der Waals surface area contributed by atoms with E-state index in [0.29, 0.717) is 27.2 Å². The lowest BCUT2D eigenvalue weighted by molar-refractivity contribution is -0.137. The van der Waals surface area contributed by atoms with Gasteiger partial charge >= 0.3 is 5.97 Å². The molecule has 24 heavy (non-hydrogen) atoms. The molecule has 0 spiro atoms. The summed E-state index contributed by atoms with van der Waals surface area (Å²) in [4.78, 5) is 23.8. The molecule has 0 aliphatic heterocycles. The predicted molar refractivity (Wildman–Crippen MR) is 88.8 cm³/mol. The van der Waals surface area contributed by atoms with E-state index in [1.807, 2.05) is 0 Å². The molecule has 122 valence electrons. The summed E-state index contributed by atoms with van der Waals surface area (Å²) in [6, 6.07) is 11.5. The highest BCUT2D eigenvalue weighted by Crippen LogP contribution is 2.26. The molecule has 0 aliphatic carbocycles. The van der Waals surface area contributed by atoms with Crippen molar-refractivity contribution in [3.63, 3.8) is 0 Å². The highest BCUT2D eigenvalue weighted by Gasteiger charge is 2.20. The number of halogens is 1. The van der Waals surface area contributed by atoms with Crippen molar-refractivity contribution in [3.8, 4) is 5.75 Å². The second-order valence-corrected chi connectivity index (χ2v) is 5.56. The molecule has 6 nitrogen and oxygen atoms in total. The van der Waals surface area contributed by atoms with Gasteiger partial charge in [0.05, 0.1) is 12.6 Å². The van der Waals surface area contributed by atoms with Crippen LogP contribution < -0.4 is 4.74 Å². The zero-order valence-corrected chi connectivity index (χ0v) is 13.4. The Kier molecular flexibility index (Phi) is 4.22. The van der Waals surface area contributed by atoms with E-state index >= 15 is 0 Å². The quantitative estimate of drug-likeness (QED) is 0.719. The topological polar surface area (TPSA) is 81.4 Å². The van der Waals surface area contributed by atoms with Crippen LogP contribution in [0.5, 0.6) is 5.75 Å². The van der Waals surface area contributed by atoms with Gasteiger partial charge in [0.1, 0.15) is 18.0 Å². The minimum absolute atomic E-state index is 0.191. The molecule has 0 fully saturated rings. The summed E-state index contributed by atoms with van der Waals surface area (Å²) in [7, 11) is 1.51. The van der Waals surface area contributed by atoms with Gasteiger partial charge in [0.25, 0.3) is 0 Å². The van der Waals surface area contributed by atoms with Crippen LogP contribution in [-0.4, -0.2) is 33.7 Å². The molecule has 2 aromatic carbocycles. The van der Waals surface area contributed by atoms with Crippen LogP contribution in [0.2, 0.25) is 5.02 Å². The summed E-state index contributed by atoms with van der Waals surface area (Å²) in [5.41, 5.74) is 1.14. The van der Waals surface area contributed by atoms with Gasteiger partial charge in [-0.2, -0.15) is 5.10 Å². The van der Waals surface area contributed by atoms with Gasteiger partial charge in [-0.3, -0.25) is 14.3 Å². The molecule has 3 rings (SSSR count). The first kappa shape index (κ1) is 16.0. The van der Waals surface area contributed by atoms with Gasteiger partial charge in [-0.05, 0) is 36.4 Å². The maximum Gasteiger partial charge on any atom is 0.325 e. The maximum absolute atomic E-state index is 12.7. The van der Waals surface area contributed by atoms with Crippen LogP contribution in [0.3, 0.4) is 0 Å². The number of carbonyl (C=O) groups is 2. The Hall–Kier alpha value is -2.86. The summed E-state index contributed by atoms with van der Waals surface area (Å²) in [5.74, 6) is -0.793. The lowest BCUT2D eigenvalue weighted by atomic mass is 10.1. The minimum atomic E-state index is -1.05. The lowest BCUT2D eigenvalue weighted by Gasteiger charge is -2.02. The smallest absolute Gasteiger partial charge is 0.325 e. The van der Waals surface area contributed by atoms with Gasteiger partial charge in [-0.25, -0.2) is 0 Å². The van der Waals surface area contributed by atoms with E-state index in [0.717, 1.165) is 0 Å². The van der Waals surface area contributed by atoms with E-state index in [4.69, 9.17) is 21.4 Å². The molecule has 0 saturated carbocycles. The zero-order valence-electron chi connectivity index (χ0n) is 12.7. The first-order chi connectivity index (χ1) is 11.5. The highest BCUT2D eigenvalue weighted by molar-refractivity contribution is 6.30. The summed E-state index contributed by atoms with van der Waals surface area (Å²) in [6.45, 7) is -0.350. The largest absolute Gasteiger partial charge is 0.497 e. The SMILES string of the molecule is COc1ccc2c(C(=O)c3ccc(Cl)cc3)nn(CC(=O)O)c2c1. The van der Waals surface area contributed by atoms with Crippen LogP contribution in [0.25, 0.3) is 10.9 Å². The van der Waals surface area contributed by atoms with Crippen LogP contribution >= 0.6 is 11.6 Å². The Bertz CT molecular complexity index is 932. The number of benzene rings is 2. The molecule has 0 amide bonds. The fraction of sp³-hybridized carbons (Fsp3) is 0.118. The molecule has 1 aromatic heterocycles. The third kappa shape index (κ3) is 2.96. The van der Waals surface area contributed by atoms with Gasteiger partial charge < -0.3 is 9.84 Å². The maximum atomic E-state index is 12.7. The van der Waals surface area contributed by atoms with Crippen LogP contribution in [0.4, 0.5) is 0 Å². The standard InChI is InChI=1S/C17H13ClN2O4/c1-24-12-6-7-13-14(8-12)20(9-15(21)22)19-16(13)17(23)10-2-4-11(18)5-3-10/h2-8H,9H2,1H3,(H,21,22). The molecule has 0 unspecified atom stereocenters. The Labute approximate surface area is 142 Å². The number of carboxylic acids is 1. The molecule has 1 N–H and O–H groups in total. The van der Waals surface area contributed by atoms with E-state index < -0.39 is 5.97 Å². The third-order valence-corrected chi connectivity index (χ3v) is 3.82. The van der Waals surface area contributed by atoms with Gasteiger partial charge in [0.2, 0.25) is 5.78 Å². The van der Waals surface area contributed by atoms with E-state index in [-0.39, 0.29) is 18.0 Å². The second kappa shape index (κ2) is 6.33. The van der Waals surface area contributed by atoms with E-state index in [9.17, 15) is 9.59 Å². The number of methoxy groups -OCH3 is 1. The average Bonchev–Trinajstić information content (AvgIpc) is 2.92.